The summed E-state index contributed by atoms with van der Waals surface area (Å²) in [5.74, 6) is -0.970. The first-order chi connectivity index (χ1) is 14.6. The molecule has 1 amide bonds. The van der Waals surface area contributed by atoms with Crippen LogP contribution in [0.25, 0.3) is 0 Å². The van der Waals surface area contributed by atoms with Crippen LogP contribution in [0.1, 0.15) is 72.6 Å². The molecule has 2 N–H and O–H groups in total. The van der Waals surface area contributed by atoms with Gasteiger partial charge in [-0.15, -0.1) is 0 Å². The molecule has 0 bridgehead atoms. The molecule has 0 aliphatic heterocycles. The molecule has 5 heteroatoms. The third kappa shape index (κ3) is 3.18. The van der Waals surface area contributed by atoms with E-state index in [0.717, 1.165) is 38.5 Å². The Morgan fingerprint density at radius 2 is 1.97 bits per heavy atom. The first-order valence-corrected chi connectivity index (χ1v) is 12.1. The lowest BCUT2D eigenvalue weighted by Gasteiger charge is -2.60. The van der Waals surface area contributed by atoms with Crippen LogP contribution >= 0.6 is 0 Å². The van der Waals surface area contributed by atoms with Crippen molar-refractivity contribution < 1.29 is 19.5 Å². The number of nitrogens with one attached hydrogen (secondary N) is 1. The Morgan fingerprint density at radius 1 is 1.23 bits per heavy atom. The van der Waals surface area contributed by atoms with Crippen LogP contribution in [0, 0.1) is 34.5 Å². The number of unbranched alkanes of at least 4 members (excludes halogenated alkanes) is 1. The number of fused-ring (bicyclic) bond motifs is 5. The maximum Gasteiger partial charge on any atom is 0.287 e. The molecule has 1 unspecified atom stereocenters. The molecule has 7 atom stereocenters. The average Bonchev–Trinajstić information content (AvgIpc) is 2.93. The molecule has 0 aromatic rings. The molecular weight excluding hydrogens is 390 g/mol. The summed E-state index contributed by atoms with van der Waals surface area (Å²) in [5, 5.41) is 15.0. The van der Waals surface area contributed by atoms with E-state index in [2.05, 4.69) is 25.2 Å². The average molecular weight is 428 g/mol. The largest absolute Gasteiger partial charge is 0.389 e. The molecule has 0 radical (unpaired) electrons. The van der Waals surface area contributed by atoms with Gasteiger partial charge < -0.3 is 10.4 Å². The van der Waals surface area contributed by atoms with Crippen LogP contribution in [0.3, 0.4) is 0 Å². The normalized spacial score (nSPS) is 43.5. The van der Waals surface area contributed by atoms with Crippen molar-refractivity contribution in [1.82, 2.24) is 5.32 Å². The minimum Gasteiger partial charge on any atom is -0.389 e. The fraction of sp³-hybridized carbons (Fsp3) is 0.731. The van der Waals surface area contributed by atoms with Crippen LogP contribution in [0.15, 0.2) is 23.8 Å². The van der Waals surface area contributed by atoms with E-state index in [1.807, 2.05) is 13.8 Å². The zero-order chi connectivity index (χ0) is 22.6. The van der Waals surface area contributed by atoms with Gasteiger partial charge in [0.15, 0.2) is 5.78 Å². The van der Waals surface area contributed by atoms with Gasteiger partial charge in [0.2, 0.25) is 5.78 Å². The second kappa shape index (κ2) is 7.68. The summed E-state index contributed by atoms with van der Waals surface area (Å²) in [6, 6.07) is 0. The molecule has 5 nitrogen and oxygen atoms in total. The molecule has 4 aliphatic rings. The number of allylic oxidation sites excluding steroid dienone is 4. The number of rotatable bonds is 5. The van der Waals surface area contributed by atoms with Crippen LogP contribution in [-0.2, 0) is 14.4 Å². The molecular formula is C26H37NO4. The van der Waals surface area contributed by atoms with Gasteiger partial charge in [-0.25, -0.2) is 0 Å². The van der Waals surface area contributed by atoms with Crippen molar-refractivity contribution in [2.45, 2.75) is 78.2 Å². The van der Waals surface area contributed by atoms with Crippen LogP contribution in [0.5, 0.6) is 0 Å². The lowest BCUT2D eigenvalue weighted by atomic mass is 9.46. The van der Waals surface area contributed by atoms with E-state index < -0.39 is 22.8 Å². The maximum absolute atomic E-state index is 13.3. The standard InChI is InChI=1S/C26H37NO4/c1-5-6-13-27-23(30)22(29)21-16(2)15-26(31)20-8-7-17-14-18(28)9-11-24(17,3)19(20)10-12-25(21,26)4/h9,11,14,16,19-21,31H,5-8,10,12-13,15H2,1-4H3,(H,27,30)/t16-,19+,20-,21-,24+,25-,26?/m1/s1. The number of Topliss-reactive ketones (excluding diaryl/α,β-unsaturated/α-hetero) is 1. The fourth-order valence-electron chi connectivity index (χ4n) is 7.74. The van der Waals surface area contributed by atoms with Gasteiger partial charge in [-0.05, 0) is 68.4 Å². The van der Waals surface area contributed by atoms with Gasteiger partial charge >= 0.3 is 0 Å². The van der Waals surface area contributed by atoms with Crippen LogP contribution in [0.2, 0.25) is 0 Å². The smallest absolute Gasteiger partial charge is 0.287 e. The number of amides is 1. The van der Waals surface area contributed by atoms with E-state index >= 15 is 0 Å². The summed E-state index contributed by atoms with van der Waals surface area (Å²) in [7, 11) is 0. The van der Waals surface area contributed by atoms with Crippen molar-refractivity contribution in [2.24, 2.45) is 34.5 Å². The van der Waals surface area contributed by atoms with Crippen LogP contribution < -0.4 is 5.32 Å². The number of carbonyl (C=O) groups excluding carboxylic acids is 3. The Morgan fingerprint density at radius 3 is 2.68 bits per heavy atom. The highest BCUT2D eigenvalue weighted by atomic mass is 16.3. The Hall–Kier alpha value is -1.75. The molecule has 3 saturated carbocycles. The SMILES string of the molecule is CCCCNC(=O)C(=O)[C@H]1[C@H](C)CC2(O)[C@@H]3CCC4=CC(=O)C=C[C@]4(C)[C@H]3CC[C@]12C. The number of hydrogen-bond donors (Lipinski definition) is 2. The van der Waals surface area contributed by atoms with E-state index in [0.29, 0.717) is 13.0 Å². The molecule has 0 heterocycles. The van der Waals surface area contributed by atoms with Crippen LogP contribution in [0.4, 0.5) is 0 Å². The summed E-state index contributed by atoms with van der Waals surface area (Å²) in [6.45, 7) is 8.84. The number of aliphatic hydroxyl groups is 1. The minimum atomic E-state index is -0.969. The highest BCUT2D eigenvalue weighted by Gasteiger charge is 2.69. The van der Waals surface area contributed by atoms with E-state index in [1.54, 1.807) is 12.2 Å². The lowest BCUT2D eigenvalue weighted by Crippen LogP contribution is -2.61. The fourth-order valence-corrected chi connectivity index (χ4v) is 7.74. The molecule has 4 rings (SSSR count). The highest BCUT2D eigenvalue weighted by molar-refractivity contribution is 6.37. The first-order valence-electron chi connectivity index (χ1n) is 12.1. The van der Waals surface area contributed by atoms with Gasteiger partial charge in [0, 0.05) is 23.3 Å². The molecule has 31 heavy (non-hydrogen) atoms. The molecule has 0 aromatic carbocycles. The molecule has 3 fully saturated rings. The molecule has 4 aliphatic carbocycles. The van der Waals surface area contributed by atoms with Crippen molar-refractivity contribution >= 4 is 17.5 Å². The summed E-state index contributed by atoms with van der Waals surface area (Å²) in [4.78, 5) is 37.8. The van der Waals surface area contributed by atoms with E-state index in [9.17, 15) is 19.5 Å². The predicted molar refractivity (Wildman–Crippen MR) is 119 cm³/mol. The summed E-state index contributed by atoms with van der Waals surface area (Å²) >= 11 is 0. The Balaban J connectivity index is 1.63. The number of hydrogen-bond acceptors (Lipinski definition) is 4. The molecule has 0 spiro atoms. The third-order valence-corrected chi connectivity index (χ3v) is 9.37. The Bertz CT molecular complexity index is 859. The second-order valence-corrected chi connectivity index (χ2v) is 11.0. The third-order valence-electron chi connectivity index (χ3n) is 9.37. The van der Waals surface area contributed by atoms with Gasteiger partial charge in [0.05, 0.1) is 5.60 Å². The van der Waals surface area contributed by atoms with Crippen molar-refractivity contribution in [3.8, 4) is 0 Å². The molecule has 0 saturated heterocycles. The van der Waals surface area contributed by atoms with Gasteiger partial charge in [-0.1, -0.05) is 45.8 Å². The number of carbonyl (C=O) groups is 3. The van der Waals surface area contributed by atoms with Crippen molar-refractivity contribution in [2.75, 3.05) is 6.54 Å². The zero-order valence-corrected chi connectivity index (χ0v) is 19.4. The Kier molecular flexibility index (Phi) is 5.56. The van der Waals surface area contributed by atoms with Crippen molar-refractivity contribution in [3.63, 3.8) is 0 Å². The maximum atomic E-state index is 13.3. The van der Waals surface area contributed by atoms with Crippen molar-refractivity contribution in [1.29, 1.82) is 0 Å². The van der Waals surface area contributed by atoms with E-state index in [-0.39, 0.29) is 34.7 Å². The first kappa shape index (κ1) is 22.4. The topological polar surface area (TPSA) is 83.5 Å². The van der Waals surface area contributed by atoms with Gasteiger partial charge in [0.1, 0.15) is 0 Å². The summed E-state index contributed by atoms with van der Waals surface area (Å²) in [6.07, 6.45) is 11.1. The lowest BCUT2D eigenvalue weighted by molar-refractivity contribution is -0.181. The van der Waals surface area contributed by atoms with Crippen LogP contribution in [-0.4, -0.2) is 34.7 Å². The number of ketones is 2. The van der Waals surface area contributed by atoms with Gasteiger partial charge in [0.25, 0.3) is 5.91 Å². The van der Waals surface area contributed by atoms with Gasteiger partial charge in [-0.3, -0.25) is 14.4 Å². The van der Waals surface area contributed by atoms with E-state index in [4.69, 9.17) is 0 Å². The highest BCUT2D eigenvalue weighted by Crippen LogP contribution is 2.68. The predicted octanol–water partition coefficient (Wildman–Crippen LogP) is 3.76. The second-order valence-electron chi connectivity index (χ2n) is 11.0. The minimum absolute atomic E-state index is 0.0357. The molecule has 170 valence electrons. The van der Waals surface area contributed by atoms with E-state index in [1.165, 1.54) is 5.57 Å². The van der Waals surface area contributed by atoms with Crippen molar-refractivity contribution in [3.05, 3.63) is 23.8 Å². The quantitative estimate of drug-likeness (QED) is 0.517. The van der Waals surface area contributed by atoms with Gasteiger partial charge in [-0.2, -0.15) is 0 Å². The Labute approximate surface area is 185 Å². The summed E-state index contributed by atoms with van der Waals surface area (Å²) in [5.41, 5.74) is -0.596. The molecule has 0 aromatic heterocycles. The summed E-state index contributed by atoms with van der Waals surface area (Å²) < 4.78 is 0. The zero-order valence-electron chi connectivity index (χ0n) is 19.4. The monoisotopic (exact) mass is 427 g/mol.